The molecule has 0 bridgehead atoms. The third-order valence-corrected chi connectivity index (χ3v) is 3.67. The summed E-state index contributed by atoms with van der Waals surface area (Å²) in [5.74, 6) is -0.311. The monoisotopic (exact) mass is 298 g/mol. The third-order valence-electron chi connectivity index (χ3n) is 3.67. The highest BCUT2D eigenvalue weighted by Gasteiger charge is 2.16. The highest BCUT2D eigenvalue weighted by Crippen LogP contribution is 2.29. The predicted octanol–water partition coefficient (Wildman–Crippen LogP) is 3.46. The van der Waals surface area contributed by atoms with Crippen LogP contribution in [0.1, 0.15) is 24.2 Å². The van der Waals surface area contributed by atoms with Gasteiger partial charge < -0.3 is 9.30 Å². The predicted molar refractivity (Wildman–Crippen MR) is 80.8 cm³/mol. The van der Waals surface area contributed by atoms with Gasteiger partial charge in [-0.05, 0) is 42.8 Å². The molecule has 2 heterocycles. The van der Waals surface area contributed by atoms with Crippen LogP contribution in [0.3, 0.4) is 0 Å². The summed E-state index contributed by atoms with van der Waals surface area (Å²) in [5.41, 5.74) is 2.77. The second-order valence-corrected chi connectivity index (χ2v) is 5.10. The summed E-state index contributed by atoms with van der Waals surface area (Å²) in [6, 6.07) is 8.50. The number of aromatic nitrogens is 2. The average Bonchev–Trinajstić information content (AvgIpc) is 2.86. The molecule has 0 N–H and O–H groups in total. The van der Waals surface area contributed by atoms with E-state index in [0.29, 0.717) is 13.0 Å². The van der Waals surface area contributed by atoms with Gasteiger partial charge in [-0.2, -0.15) is 0 Å². The molecular formula is C17H15FN2O2. The molecule has 0 fully saturated rings. The van der Waals surface area contributed by atoms with Gasteiger partial charge in [0.15, 0.2) is 0 Å². The van der Waals surface area contributed by atoms with E-state index in [2.05, 4.69) is 4.98 Å². The Morgan fingerprint density at radius 2 is 2.09 bits per heavy atom. The van der Waals surface area contributed by atoms with Gasteiger partial charge >= 0.3 is 0 Å². The van der Waals surface area contributed by atoms with Gasteiger partial charge in [0.05, 0.1) is 0 Å². The van der Waals surface area contributed by atoms with Gasteiger partial charge in [-0.15, -0.1) is 0 Å². The lowest BCUT2D eigenvalue weighted by atomic mass is 10.1. The minimum atomic E-state index is -0.430. The zero-order valence-electron chi connectivity index (χ0n) is 12.1. The highest BCUT2D eigenvalue weighted by atomic mass is 19.1. The van der Waals surface area contributed by atoms with E-state index in [0.717, 1.165) is 22.0 Å². The molecule has 0 saturated carbocycles. The van der Waals surface area contributed by atoms with Crippen LogP contribution in [-0.4, -0.2) is 16.0 Å². The molecule has 3 aromatic rings. The van der Waals surface area contributed by atoms with Crippen LogP contribution >= 0.6 is 0 Å². The maximum atomic E-state index is 13.6. The topological polar surface area (TPSA) is 44.1 Å². The molecule has 0 aliphatic heterocycles. The van der Waals surface area contributed by atoms with E-state index in [4.69, 9.17) is 4.74 Å². The number of hydrogen-bond donors (Lipinski definition) is 0. The van der Waals surface area contributed by atoms with Gasteiger partial charge in [-0.25, -0.2) is 4.39 Å². The van der Waals surface area contributed by atoms with Crippen LogP contribution in [-0.2, 0) is 16.1 Å². The van der Waals surface area contributed by atoms with Crippen molar-refractivity contribution in [1.82, 2.24) is 9.55 Å². The Morgan fingerprint density at radius 1 is 1.32 bits per heavy atom. The molecule has 0 aliphatic carbocycles. The van der Waals surface area contributed by atoms with Crippen molar-refractivity contribution in [3.8, 4) is 0 Å². The Kier molecular flexibility index (Phi) is 3.87. The lowest BCUT2D eigenvalue weighted by Gasteiger charge is -2.07. The van der Waals surface area contributed by atoms with E-state index in [1.165, 1.54) is 12.1 Å². The first kappa shape index (κ1) is 14.3. The Balaban J connectivity index is 2.08. The van der Waals surface area contributed by atoms with Crippen molar-refractivity contribution in [1.29, 1.82) is 0 Å². The largest absolute Gasteiger partial charge is 0.460 e. The second-order valence-electron chi connectivity index (χ2n) is 5.10. The van der Waals surface area contributed by atoms with Gasteiger partial charge in [0.2, 0.25) is 0 Å². The third kappa shape index (κ3) is 2.70. The maximum Gasteiger partial charge on any atom is 0.293 e. The standard InChI is InChI=1S/C17H15FN2O2/c1-12(22-11-21)16-10-20(9-13-4-6-19-7-5-13)17-3-2-14(18)8-15(16)17/h2-8,10-12H,9H2,1H3. The number of benzene rings is 1. The van der Waals surface area contributed by atoms with Crippen molar-refractivity contribution >= 4 is 17.4 Å². The Hall–Kier alpha value is -2.69. The fourth-order valence-electron chi connectivity index (χ4n) is 2.59. The zero-order valence-corrected chi connectivity index (χ0v) is 12.1. The van der Waals surface area contributed by atoms with Crippen molar-refractivity contribution in [2.75, 3.05) is 0 Å². The van der Waals surface area contributed by atoms with Gasteiger partial charge in [0.1, 0.15) is 11.9 Å². The number of halogens is 1. The number of nitrogens with zero attached hydrogens (tertiary/aromatic N) is 2. The molecule has 2 aromatic heterocycles. The van der Waals surface area contributed by atoms with Crippen LogP contribution in [0.4, 0.5) is 4.39 Å². The van der Waals surface area contributed by atoms with Crippen molar-refractivity contribution in [3.63, 3.8) is 0 Å². The molecule has 0 saturated heterocycles. The van der Waals surface area contributed by atoms with Crippen LogP contribution in [0.15, 0.2) is 48.9 Å². The van der Waals surface area contributed by atoms with E-state index in [1.54, 1.807) is 25.4 Å². The maximum absolute atomic E-state index is 13.6. The molecule has 1 aromatic carbocycles. The fourth-order valence-corrected chi connectivity index (χ4v) is 2.59. The first-order chi connectivity index (χ1) is 10.7. The molecule has 0 spiro atoms. The molecule has 0 radical (unpaired) electrons. The minimum Gasteiger partial charge on any atom is -0.460 e. The van der Waals surface area contributed by atoms with Crippen molar-refractivity contribution in [3.05, 3.63) is 65.9 Å². The second kappa shape index (κ2) is 5.97. The van der Waals surface area contributed by atoms with Crippen molar-refractivity contribution in [2.24, 2.45) is 0 Å². The number of rotatable bonds is 5. The normalized spacial score (nSPS) is 12.3. The van der Waals surface area contributed by atoms with Gasteiger partial charge in [0.25, 0.3) is 6.47 Å². The number of hydrogen-bond acceptors (Lipinski definition) is 3. The lowest BCUT2D eigenvalue weighted by molar-refractivity contribution is -0.133. The van der Waals surface area contributed by atoms with Gasteiger partial charge in [-0.3, -0.25) is 9.78 Å². The summed E-state index contributed by atoms with van der Waals surface area (Å²) in [6.45, 7) is 2.82. The van der Waals surface area contributed by atoms with E-state index in [9.17, 15) is 9.18 Å². The van der Waals surface area contributed by atoms with Crippen LogP contribution in [0.25, 0.3) is 10.9 Å². The van der Waals surface area contributed by atoms with Gasteiger partial charge in [-0.1, -0.05) is 0 Å². The molecule has 1 atom stereocenters. The van der Waals surface area contributed by atoms with Crippen molar-refractivity contribution in [2.45, 2.75) is 19.6 Å². The first-order valence-corrected chi connectivity index (χ1v) is 6.95. The van der Waals surface area contributed by atoms with Crippen LogP contribution in [0, 0.1) is 5.82 Å². The lowest BCUT2D eigenvalue weighted by Crippen LogP contribution is -1.99. The van der Waals surface area contributed by atoms with Gasteiger partial charge in [0, 0.05) is 41.6 Å². The zero-order chi connectivity index (χ0) is 15.5. The number of ether oxygens (including phenoxy) is 1. The molecule has 0 aliphatic rings. The molecular weight excluding hydrogens is 283 g/mol. The Bertz CT molecular complexity index is 799. The van der Waals surface area contributed by atoms with E-state index < -0.39 is 6.10 Å². The minimum absolute atomic E-state index is 0.311. The fraction of sp³-hybridized carbons (Fsp3) is 0.176. The molecule has 4 nitrogen and oxygen atoms in total. The SMILES string of the molecule is CC(OC=O)c1cn(Cc2ccncc2)c2ccc(F)cc12. The van der Waals surface area contributed by atoms with Crippen LogP contribution < -0.4 is 0 Å². The Labute approximate surface area is 127 Å². The molecule has 3 rings (SSSR count). The van der Waals surface area contributed by atoms with Crippen LogP contribution in [0.5, 0.6) is 0 Å². The highest BCUT2D eigenvalue weighted by molar-refractivity contribution is 5.84. The number of fused-ring (bicyclic) bond motifs is 1. The molecule has 5 heteroatoms. The summed E-state index contributed by atoms with van der Waals surface area (Å²) >= 11 is 0. The molecule has 112 valence electrons. The summed E-state index contributed by atoms with van der Waals surface area (Å²) < 4.78 is 20.6. The summed E-state index contributed by atoms with van der Waals surface area (Å²) in [4.78, 5) is 14.6. The van der Waals surface area contributed by atoms with E-state index in [-0.39, 0.29) is 5.82 Å². The number of carbonyl (C=O) groups excluding carboxylic acids is 1. The smallest absolute Gasteiger partial charge is 0.293 e. The van der Waals surface area contributed by atoms with Crippen molar-refractivity contribution < 1.29 is 13.9 Å². The molecule has 1 unspecified atom stereocenters. The van der Waals surface area contributed by atoms with E-state index >= 15 is 0 Å². The van der Waals surface area contributed by atoms with E-state index in [1.807, 2.05) is 22.9 Å². The first-order valence-electron chi connectivity index (χ1n) is 6.95. The number of pyridine rings is 1. The quantitative estimate of drug-likeness (QED) is 0.678. The summed E-state index contributed by atoms with van der Waals surface area (Å²) in [7, 11) is 0. The summed E-state index contributed by atoms with van der Waals surface area (Å²) in [6.07, 6.45) is 4.94. The number of carbonyl (C=O) groups is 1. The summed E-state index contributed by atoms with van der Waals surface area (Å²) in [5, 5.41) is 0.753. The van der Waals surface area contributed by atoms with Crippen LogP contribution in [0.2, 0.25) is 0 Å². The molecule has 0 amide bonds. The Morgan fingerprint density at radius 3 is 2.82 bits per heavy atom. The molecule has 22 heavy (non-hydrogen) atoms. The average molecular weight is 298 g/mol.